The quantitative estimate of drug-likeness (QED) is 0.316. The summed E-state index contributed by atoms with van der Waals surface area (Å²) in [6.45, 7) is 4.79. The van der Waals surface area contributed by atoms with Crippen molar-refractivity contribution in [1.82, 2.24) is 25.6 Å². The van der Waals surface area contributed by atoms with Gasteiger partial charge >= 0.3 is 12.0 Å². The maximum atomic E-state index is 12.5. The van der Waals surface area contributed by atoms with Gasteiger partial charge in [0.2, 0.25) is 0 Å². The molecule has 0 radical (unpaired) electrons. The average Bonchev–Trinajstić information content (AvgIpc) is 2.99. The van der Waals surface area contributed by atoms with E-state index in [0.29, 0.717) is 18.2 Å². The zero-order valence-electron chi connectivity index (χ0n) is 23.4. The number of aliphatic carboxylic acids is 1. The second kappa shape index (κ2) is 13.1. The summed E-state index contributed by atoms with van der Waals surface area (Å²) in [6, 6.07) is 3.01. The smallest absolute Gasteiger partial charge is 0.328 e. The highest BCUT2D eigenvalue weighted by atomic mass is 16.4. The largest absolute Gasteiger partial charge is 0.480 e. The van der Waals surface area contributed by atoms with Crippen LogP contribution in [0.1, 0.15) is 81.0 Å². The van der Waals surface area contributed by atoms with E-state index in [2.05, 4.69) is 55.2 Å². The minimum atomic E-state index is -1.09. The van der Waals surface area contributed by atoms with E-state index in [1.165, 1.54) is 18.3 Å². The number of carbonyl (C=O) groups excluding carboxylic acids is 1. The molecule has 1 aliphatic carbocycles. The SMILES string of the molecule is CCc1c(NC[C@H](NC(=O)NC2CCCCC2)C(=O)O)ncnc1N1CCC(c2ccc3c(n2)NCCC3)CC1. The summed E-state index contributed by atoms with van der Waals surface area (Å²) in [6.07, 6.45) is 11.7. The first kappa shape index (κ1) is 27.9. The third-order valence-electron chi connectivity index (χ3n) is 8.42. The Bertz CT molecular complexity index is 1180. The Morgan fingerprint density at radius 2 is 1.90 bits per heavy atom. The van der Waals surface area contributed by atoms with Crippen LogP contribution < -0.4 is 26.2 Å². The molecule has 2 aliphatic heterocycles. The van der Waals surface area contributed by atoms with Crippen molar-refractivity contribution in [3.8, 4) is 0 Å². The topological polar surface area (TPSA) is 144 Å². The van der Waals surface area contributed by atoms with Crippen LogP contribution in [0.15, 0.2) is 18.5 Å². The second-order valence-corrected chi connectivity index (χ2v) is 11.1. The number of pyridine rings is 1. The normalized spacial score (nSPS) is 18.8. The molecule has 0 spiro atoms. The van der Waals surface area contributed by atoms with Crippen LogP contribution in [-0.4, -0.2) is 70.3 Å². The number of anilines is 3. The van der Waals surface area contributed by atoms with Crippen LogP contribution in [-0.2, 0) is 17.6 Å². The Morgan fingerprint density at radius 1 is 1.10 bits per heavy atom. The number of fused-ring (bicyclic) bond motifs is 1. The number of carboxylic acid groups (broad SMARTS) is 1. The maximum absolute atomic E-state index is 12.5. The van der Waals surface area contributed by atoms with Gasteiger partial charge in [0.15, 0.2) is 0 Å². The predicted octanol–water partition coefficient (Wildman–Crippen LogP) is 3.67. The van der Waals surface area contributed by atoms with E-state index >= 15 is 0 Å². The standard InChI is InChI=1S/C29H42N8O3/c1-2-22-26(31-17-24(28(38)39)36-29(40)34-21-8-4-3-5-9-21)32-18-33-27(22)37-15-12-19(13-16-37)23-11-10-20-7-6-14-30-25(20)35-23/h10-11,18-19,21,24H,2-9,12-17H2,1H3,(H,30,35)(H,38,39)(H,31,32,33)(H2,34,36,40)/t24-/m0/s1. The molecule has 2 aromatic heterocycles. The van der Waals surface area contributed by atoms with Gasteiger partial charge in [-0.25, -0.2) is 24.5 Å². The van der Waals surface area contributed by atoms with Crippen LogP contribution in [0, 0.1) is 0 Å². The van der Waals surface area contributed by atoms with E-state index in [4.69, 9.17) is 4.98 Å². The lowest BCUT2D eigenvalue weighted by atomic mass is 9.92. The Balaban J connectivity index is 1.19. The van der Waals surface area contributed by atoms with Crippen molar-refractivity contribution < 1.29 is 14.7 Å². The number of piperidine rings is 1. The van der Waals surface area contributed by atoms with Crippen molar-refractivity contribution in [2.75, 3.05) is 41.7 Å². The molecule has 5 N–H and O–H groups in total. The maximum Gasteiger partial charge on any atom is 0.328 e. The number of aromatic nitrogens is 3. The van der Waals surface area contributed by atoms with Crippen LogP contribution in [0.25, 0.3) is 0 Å². The van der Waals surface area contributed by atoms with Gasteiger partial charge in [0.05, 0.1) is 0 Å². The van der Waals surface area contributed by atoms with E-state index in [1.54, 1.807) is 0 Å². The Hall–Kier alpha value is -3.63. The molecule has 1 saturated carbocycles. The summed E-state index contributed by atoms with van der Waals surface area (Å²) in [5.74, 6) is 1.86. The van der Waals surface area contributed by atoms with Crippen molar-refractivity contribution in [2.24, 2.45) is 0 Å². The van der Waals surface area contributed by atoms with Crippen molar-refractivity contribution in [2.45, 2.75) is 89.1 Å². The lowest BCUT2D eigenvalue weighted by Crippen LogP contribution is -2.51. The van der Waals surface area contributed by atoms with Crippen LogP contribution in [0.3, 0.4) is 0 Å². The molecular formula is C29H42N8O3. The number of carboxylic acids is 1. The van der Waals surface area contributed by atoms with E-state index < -0.39 is 18.0 Å². The summed E-state index contributed by atoms with van der Waals surface area (Å²) in [4.78, 5) is 40.7. The highest BCUT2D eigenvalue weighted by Crippen LogP contribution is 2.33. The number of nitrogens with zero attached hydrogens (tertiary/aromatic N) is 4. The van der Waals surface area contributed by atoms with Gasteiger partial charge in [-0.2, -0.15) is 0 Å². The van der Waals surface area contributed by atoms with Gasteiger partial charge in [-0.3, -0.25) is 0 Å². The second-order valence-electron chi connectivity index (χ2n) is 11.1. The average molecular weight is 551 g/mol. The third-order valence-corrected chi connectivity index (χ3v) is 8.42. The zero-order valence-corrected chi connectivity index (χ0v) is 23.4. The Kier molecular flexibility index (Phi) is 9.18. The molecule has 4 heterocycles. The first-order chi connectivity index (χ1) is 19.5. The van der Waals surface area contributed by atoms with E-state index in [0.717, 1.165) is 93.9 Å². The number of carbonyl (C=O) groups is 2. The van der Waals surface area contributed by atoms with Crippen molar-refractivity contribution in [3.63, 3.8) is 0 Å². The molecule has 5 rings (SSSR count). The molecule has 3 aliphatic rings. The van der Waals surface area contributed by atoms with E-state index in [9.17, 15) is 14.7 Å². The Morgan fingerprint density at radius 3 is 2.65 bits per heavy atom. The number of urea groups is 1. The molecule has 2 fully saturated rings. The summed E-state index contributed by atoms with van der Waals surface area (Å²) in [5.41, 5.74) is 3.42. The lowest BCUT2D eigenvalue weighted by Gasteiger charge is -2.34. The van der Waals surface area contributed by atoms with Crippen molar-refractivity contribution in [3.05, 3.63) is 35.3 Å². The van der Waals surface area contributed by atoms with Gasteiger partial charge in [0.1, 0.15) is 29.8 Å². The molecule has 216 valence electrons. The highest BCUT2D eigenvalue weighted by Gasteiger charge is 2.27. The number of nitrogens with one attached hydrogen (secondary N) is 4. The first-order valence-corrected chi connectivity index (χ1v) is 14.9. The molecule has 2 aromatic rings. The molecule has 40 heavy (non-hydrogen) atoms. The van der Waals surface area contributed by atoms with Gasteiger partial charge < -0.3 is 31.3 Å². The van der Waals surface area contributed by atoms with E-state index in [1.807, 2.05) is 0 Å². The number of aryl methyl sites for hydroxylation is 1. The molecular weight excluding hydrogens is 508 g/mol. The predicted molar refractivity (Wildman–Crippen MR) is 155 cm³/mol. The van der Waals surface area contributed by atoms with E-state index in [-0.39, 0.29) is 12.6 Å². The number of hydrogen-bond donors (Lipinski definition) is 5. The molecule has 11 heteroatoms. The summed E-state index contributed by atoms with van der Waals surface area (Å²) < 4.78 is 0. The monoisotopic (exact) mass is 550 g/mol. The van der Waals surface area contributed by atoms with Crippen LogP contribution in [0.4, 0.5) is 22.2 Å². The summed E-state index contributed by atoms with van der Waals surface area (Å²) in [7, 11) is 0. The van der Waals surface area contributed by atoms with Gasteiger partial charge in [-0.05, 0) is 56.6 Å². The molecule has 0 bridgehead atoms. The number of amides is 2. The number of hydrogen-bond acceptors (Lipinski definition) is 8. The fourth-order valence-electron chi connectivity index (χ4n) is 6.14. The van der Waals surface area contributed by atoms with Crippen molar-refractivity contribution in [1.29, 1.82) is 0 Å². The minimum Gasteiger partial charge on any atom is -0.480 e. The Labute approximate surface area is 236 Å². The molecule has 0 aromatic carbocycles. The van der Waals surface area contributed by atoms with Gasteiger partial charge in [-0.15, -0.1) is 0 Å². The summed E-state index contributed by atoms with van der Waals surface area (Å²) in [5, 5.41) is 21.9. The van der Waals surface area contributed by atoms with Crippen LogP contribution in [0.2, 0.25) is 0 Å². The summed E-state index contributed by atoms with van der Waals surface area (Å²) >= 11 is 0. The number of rotatable bonds is 9. The molecule has 2 amide bonds. The zero-order chi connectivity index (χ0) is 27.9. The fraction of sp³-hybridized carbons (Fsp3) is 0.621. The first-order valence-electron chi connectivity index (χ1n) is 14.9. The third kappa shape index (κ3) is 6.74. The molecule has 11 nitrogen and oxygen atoms in total. The molecule has 0 unspecified atom stereocenters. The fourth-order valence-corrected chi connectivity index (χ4v) is 6.14. The molecule has 1 saturated heterocycles. The van der Waals surface area contributed by atoms with Crippen molar-refractivity contribution >= 4 is 29.5 Å². The highest BCUT2D eigenvalue weighted by molar-refractivity contribution is 5.83. The van der Waals surface area contributed by atoms with Gasteiger partial charge in [0, 0.05) is 49.4 Å². The van der Waals surface area contributed by atoms with Crippen LogP contribution in [0.5, 0.6) is 0 Å². The minimum absolute atomic E-state index is 0.0248. The van der Waals surface area contributed by atoms with Gasteiger partial charge in [-0.1, -0.05) is 32.3 Å². The van der Waals surface area contributed by atoms with Gasteiger partial charge in [0.25, 0.3) is 0 Å². The van der Waals surface area contributed by atoms with Crippen LogP contribution >= 0.6 is 0 Å². The lowest BCUT2D eigenvalue weighted by molar-refractivity contribution is -0.138. The molecule has 1 atom stereocenters.